The van der Waals surface area contributed by atoms with Crippen molar-refractivity contribution in [2.45, 2.75) is 63.5 Å². The van der Waals surface area contributed by atoms with Crippen LogP contribution in [0.25, 0.3) is 0 Å². The van der Waals surface area contributed by atoms with E-state index in [1.165, 1.54) is 31.2 Å². The molecule has 0 aromatic heterocycles. The van der Waals surface area contributed by atoms with Crippen molar-refractivity contribution < 1.29 is 9.59 Å². The molecule has 6 heteroatoms. The highest BCUT2D eigenvalue weighted by Gasteiger charge is 2.26. The van der Waals surface area contributed by atoms with Gasteiger partial charge in [-0.2, -0.15) is 0 Å². The monoisotopic (exact) mass is 400 g/mol. The van der Waals surface area contributed by atoms with Gasteiger partial charge in [-0.05, 0) is 56.5 Å². The molecule has 2 fully saturated rings. The van der Waals surface area contributed by atoms with Crippen molar-refractivity contribution in [2.24, 2.45) is 0 Å². The van der Waals surface area contributed by atoms with E-state index in [1.54, 1.807) is 0 Å². The highest BCUT2D eigenvalue weighted by Crippen LogP contribution is 2.26. The second kappa shape index (κ2) is 10.6. The fourth-order valence-electron chi connectivity index (χ4n) is 4.45. The van der Waals surface area contributed by atoms with Crippen molar-refractivity contribution in [3.63, 3.8) is 0 Å². The zero-order valence-corrected chi connectivity index (χ0v) is 18.0. The van der Waals surface area contributed by atoms with Gasteiger partial charge in [0.25, 0.3) is 0 Å². The Kier molecular flexibility index (Phi) is 7.92. The summed E-state index contributed by atoms with van der Waals surface area (Å²) in [6.07, 6.45) is 9.04. The van der Waals surface area contributed by atoms with Gasteiger partial charge in [0.1, 0.15) is 0 Å². The molecule has 0 spiro atoms. The Morgan fingerprint density at radius 2 is 1.59 bits per heavy atom. The van der Waals surface area contributed by atoms with Crippen LogP contribution in [0.4, 0.5) is 5.69 Å². The average Bonchev–Trinajstić information content (AvgIpc) is 3.13. The second-order valence-electron chi connectivity index (χ2n) is 8.62. The zero-order valence-electron chi connectivity index (χ0n) is 18.0. The maximum Gasteiger partial charge on any atom is 0.309 e. The molecule has 1 atom stereocenters. The topological polar surface area (TPSA) is 64.7 Å². The summed E-state index contributed by atoms with van der Waals surface area (Å²) in [7, 11) is 4.06. The van der Waals surface area contributed by atoms with Gasteiger partial charge in [0, 0.05) is 32.4 Å². The van der Waals surface area contributed by atoms with E-state index in [-0.39, 0.29) is 12.1 Å². The summed E-state index contributed by atoms with van der Waals surface area (Å²) in [6.45, 7) is 2.52. The Hall–Kier alpha value is -2.08. The molecule has 1 aromatic rings. The van der Waals surface area contributed by atoms with Crippen molar-refractivity contribution in [3.8, 4) is 0 Å². The third kappa shape index (κ3) is 6.20. The number of carbonyl (C=O) groups excluding carboxylic acids is 2. The van der Waals surface area contributed by atoms with Crippen molar-refractivity contribution in [1.82, 2.24) is 15.5 Å². The van der Waals surface area contributed by atoms with Crippen LogP contribution in [0.15, 0.2) is 24.3 Å². The molecule has 1 saturated heterocycles. The minimum absolute atomic E-state index is 0.100. The SMILES string of the molecule is CN(C)c1ccc(C(CNC(=O)C(=O)NC2CCCCCC2)N2CCCC2)cc1. The first-order chi connectivity index (χ1) is 14.0. The Morgan fingerprint density at radius 1 is 0.966 bits per heavy atom. The van der Waals surface area contributed by atoms with Crippen LogP contribution in [0, 0.1) is 0 Å². The summed E-state index contributed by atoms with van der Waals surface area (Å²) in [5.41, 5.74) is 2.34. The lowest BCUT2D eigenvalue weighted by molar-refractivity contribution is -0.139. The molecule has 0 radical (unpaired) electrons. The van der Waals surface area contributed by atoms with Crippen LogP contribution in [0.2, 0.25) is 0 Å². The van der Waals surface area contributed by atoms with Crippen LogP contribution < -0.4 is 15.5 Å². The van der Waals surface area contributed by atoms with Gasteiger partial charge in [-0.3, -0.25) is 14.5 Å². The van der Waals surface area contributed by atoms with E-state index in [0.29, 0.717) is 6.54 Å². The third-order valence-electron chi connectivity index (χ3n) is 6.23. The van der Waals surface area contributed by atoms with Crippen LogP contribution >= 0.6 is 0 Å². The van der Waals surface area contributed by atoms with E-state index in [4.69, 9.17) is 0 Å². The summed E-state index contributed by atoms with van der Waals surface area (Å²) in [5.74, 6) is -0.997. The summed E-state index contributed by atoms with van der Waals surface area (Å²) in [4.78, 5) is 29.3. The van der Waals surface area contributed by atoms with Crippen molar-refractivity contribution in [2.75, 3.05) is 38.6 Å². The number of nitrogens with zero attached hydrogens (tertiary/aromatic N) is 2. The first-order valence-corrected chi connectivity index (χ1v) is 11.1. The van der Waals surface area contributed by atoms with E-state index in [9.17, 15) is 9.59 Å². The summed E-state index contributed by atoms with van der Waals surface area (Å²) >= 11 is 0. The number of anilines is 1. The van der Waals surface area contributed by atoms with Gasteiger partial charge in [-0.1, -0.05) is 37.8 Å². The Bertz CT molecular complexity index is 660. The fourth-order valence-corrected chi connectivity index (χ4v) is 4.45. The molecule has 1 saturated carbocycles. The lowest BCUT2D eigenvalue weighted by atomic mass is 10.0. The molecular weight excluding hydrogens is 364 g/mol. The van der Waals surface area contributed by atoms with Gasteiger partial charge in [-0.25, -0.2) is 0 Å². The maximum absolute atomic E-state index is 12.4. The van der Waals surface area contributed by atoms with Crippen molar-refractivity contribution in [1.29, 1.82) is 0 Å². The highest BCUT2D eigenvalue weighted by atomic mass is 16.2. The molecule has 2 N–H and O–H groups in total. The molecule has 1 aliphatic heterocycles. The van der Waals surface area contributed by atoms with E-state index in [2.05, 4.69) is 44.7 Å². The predicted molar refractivity (Wildman–Crippen MR) is 117 cm³/mol. The Balaban J connectivity index is 1.58. The molecule has 160 valence electrons. The molecule has 1 unspecified atom stereocenters. The van der Waals surface area contributed by atoms with Crippen molar-refractivity contribution >= 4 is 17.5 Å². The van der Waals surface area contributed by atoms with Crippen LogP contribution in [0.1, 0.15) is 63.0 Å². The standard InChI is InChI=1S/C23H36N4O2/c1-26(2)20-13-11-18(12-14-20)21(27-15-7-8-16-27)17-24-22(28)23(29)25-19-9-5-3-4-6-10-19/h11-14,19,21H,3-10,15-17H2,1-2H3,(H,24,28)(H,25,29). The summed E-state index contributed by atoms with van der Waals surface area (Å²) < 4.78 is 0. The smallest absolute Gasteiger partial charge is 0.309 e. The maximum atomic E-state index is 12.4. The van der Waals surface area contributed by atoms with Crippen LogP contribution in [0.3, 0.4) is 0 Å². The van der Waals surface area contributed by atoms with Gasteiger partial charge < -0.3 is 15.5 Å². The molecule has 3 rings (SSSR count). The first-order valence-electron chi connectivity index (χ1n) is 11.1. The normalized spacial score (nSPS) is 19.4. The van der Waals surface area contributed by atoms with E-state index < -0.39 is 11.8 Å². The van der Waals surface area contributed by atoms with Crippen LogP contribution in [0.5, 0.6) is 0 Å². The Labute approximate surface area is 175 Å². The summed E-state index contributed by atoms with van der Waals surface area (Å²) in [6, 6.07) is 8.73. The number of carbonyl (C=O) groups is 2. The molecule has 29 heavy (non-hydrogen) atoms. The lowest BCUT2D eigenvalue weighted by Crippen LogP contribution is -2.46. The van der Waals surface area contributed by atoms with E-state index >= 15 is 0 Å². The second-order valence-corrected chi connectivity index (χ2v) is 8.62. The molecule has 0 bridgehead atoms. The number of rotatable bonds is 6. The molecule has 1 heterocycles. The number of hydrogen-bond donors (Lipinski definition) is 2. The van der Waals surface area contributed by atoms with E-state index in [1.807, 2.05) is 14.1 Å². The quantitative estimate of drug-likeness (QED) is 0.569. The number of amides is 2. The largest absolute Gasteiger partial charge is 0.378 e. The van der Waals surface area contributed by atoms with Crippen LogP contribution in [-0.4, -0.2) is 56.5 Å². The lowest BCUT2D eigenvalue weighted by Gasteiger charge is -2.28. The number of hydrogen-bond acceptors (Lipinski definition) is 4. The molecule has 1 aromatic carbocycles. The van der Waals surface area contributed by atoms with Gasteiger partial charge >= 0.3 is 11.8 Å². The van der Waals surface area contributed by atoms with Gasteiger partial charge in [0.2, 0.25) is 0 Å². The molecule has 2 aliphatic rings. The molecular formula is C23H36N4O2. The molecule has 6 nitrogen and oxygen atoms in total. The number of nitrogens with one attached hydrogen (secondary N) is 2. The Morgan fingerprint density at radius 3 is 2.17 bits per heavy atom. The van der Waals surface area contributed by atoms with Gasteiger partial charge in [0.15, 0.2) is 0 Å². The highest BCUT2D eigenvalue weighted by molar-refractivity contribution is 6.35. The number of benzene rings is 1. The fraction of sp³-hybridized carbons (Fsp3) is 0.652. The van der Waals surface area contributed by atoms with E-state index in [0.717, 1.165) is 44.5 Å². The van der Waals surface area contributed by atoms with Gasteiger partial charge in [0.05, 0.1) is 6.04 Å². The zero-order chi connectivity index (χ0) is 20.6. The van der Waals surface area contributed by atoms with Gasteiger partial charge in [-0.15, -0.1) is 0 Å². The van der Waals surface area contributed by atoms with Crippen molar-refractivity contribution in [3.05, 3.63) is 29.8 Å². The third-order valence-corrected chi connectivity index (χ3v) is 6.23. The predicted octanol–water partition coefficient (Wildman–Crippen LogP) is 2.84. The minimum atomic E-state index is -0.511. The van der Waals surface area contributed by atoms with Crippen LogP contribution in [-0.2, 0) is 9.59 Å². The minimum Gasteiger partial charge on any atom is -0.378 e. The molecule has 1 aliphatic carbocycles. The summed E-state index contributed by atoms with van der Waals surface area (Å²) in [5, 5.41) is 5.84. The number of likely N-dealkylation sites (tertiary alicyclic amines) is 1. The molecule has 2 amide bonds. The first kappa shape index (κ1) is 21.6. The average molecular weight is 401 g/mol.